The summed E-state index contributed by atoms with van der Waals surface area (Å²) in [7, 11) is 1.75. The van der Waals surface area contributed by atoms with Crippen LogP contribution in [0.15, 0.2) is 42.9 Å². The summed E-state index contributed by atoms with van der Waals surface area (Å²) in [5.74, 6) is -0.700. The Balaban J connectivity index is 1.56. The van der Waals surface area contributed by atoms with E-state index in [0.29, 0.717) is 40.8 Å². The maximum absolute atomic E-state index is 15.1. The number of nitrogens with zero attached hydrogens (tertiary/aromatic N) is 4. The average molecular weight is 488 g/mol. The molecule has 5 rings (SSSR count). The van der Waals surface area contributed by atoms with Crippen LogP contribution in [0.25, 0.3) is 28.2 Å². The highest BCUT2D eigenvalue weighted by molar-refractivity contribution is 6.33. The van der Waals surface area contributed by atoms with E-state index in [0.717, 1.165) is 12.8 Å². The van der Waals surface area contributed by atoms with Crippen molar-refractivity contribution in [2.75, 3.05) is 13.2 Å². The molecule has 0 aliphatic carbocycles. The molecule has 1 aromatic carbocycles. The van der Waals surface area contributed by atoms with Gasteiger partial charge in [-0.25, -0.2) is 14.4 Å². The van der Waals surface area contributed by atoms with Crippen LogP contribution in [0, 0.1) is 5.82 Å². The molecule has 0 bridgehead atoms. The molecule has 7 nitrogen and oxygen atoms in total. The lowest BCUT2D eigenvalue weighted by Gasteiger charge is -2.23. The monoisotopic (exact) mass is 487 g/mol. The SMILES string of the molecule is Cn1cnc(-c2cccc(F)c2-c2nc3cc(C(=O)NC4CCOCC4)ccn3c2Cl)c1Cl. The molecule has 1 amide bonds. The molecule has 1 aliphatic rings. The number of halogens is 3. The van der Waals surface area contributed by atoms with Gasteiger partial charge in [0.15, 0.2) is 0 Å². The van der Waals surface area contributed by atoms with Crippen LogP contribution in [0.2, 0.25) is 10.3 Å². The van der Waals surface area contributed by atoms with Gasteiger partial charge in [0.25, 0.3) is 5.91 Å². The fraction of sp³-hybridized carbons (Fsp3) is 0.261. The highest BCUT2D eigenvalue weighted by Gasteiger charge is 2.24. The third kappa shape index (κ3) is 3.99. The Morgan fingerprint density at radius 2 is 1.97 bits per heavy atom. The second kappa shape index (κ2) is 8.78. The molecule has 3 aromatic heterocycles. The van der Waals surface area contributed by atoms with Gasteiger partial charge in [0.05, 0.1) is 6.33 Å². The van der Waals surface area contributed by atoms with Crippen molar-refractivity contribution in [3.63, 3.8) is 0 Å². The molecule has 1 saturated heterocycles. The molecule has 1 aliphatic heterocycles. The van der Waals surface area contributed by atoms with Crippen LogP contribution in [-0.4, -0.2) is 44.1 Å². The van der Waals surface area contributed by atoms with Gasteiger partial charge in [-0.3, -0.25) is 9.20 Å². The number of rotatable bonds is 4. The maximum atomic E-state index is 15.1. The number of aryl methyl sites for hydroxylation is 1. The van der Waals surface area contributed by atoms with Crippen molar-refractivity contribution in [2.45, 2.75) is 18.9 Å². The third-order valence-corrected chi connectivity index (χ3v) is 6.56. The smallest absolute Gasteiger partial charge is 0.251 e. The Morgan fingerprint density at radius 3 is 2.70 bits per heavy atom. The first-order valence-corrected chi connectivity index (χ1v) is 11.2. The summed E-state index contributed by atoms with van der Waals surface area (Å²) < 4.78 is 23.7. The third-order valence-electron chi connectivity index (χ3n) is 5.76. The van der Waals surface area contributed by atoms with Gasteiger partial charge < -0.3 is 14.6 Å². The zero-order valence-electron chi connectivity index (χ0n) is 17.7. The molecule has 0 spiro atoms. The summed E-state index contributed by atoms with van der Waals surface area (Å²) in [4.78, 5) is 21.6. The number of ether oxygens (including phenoxy) is 1. The van der Waals surface area contributed by atoms with Gasteiger partial charge in [-0.1, -0.05) is 35.3 Å². The number of carbonyl (C=O) groups excluding carboxylic acids is 1. The number of imidazole rings is 2. The van der Waals surface area contributed by atoms with Crippen LogP contribution in [0.5, 0.6) is 0 Å². The number of hydrogen-bond donors (Lipinski definition) is 1. The van der Waals surface area contributed by atoms with E-state index in [1.165, 1.54) is 6.07 Å². The lowest BCUT2D eigenvalue weighted by molar-refractivity contribution is 0.0696. The lowest BCUT2D eigenvalue weighted by atomic mass is 10.0. The number of hydrogen-bond acceptors (Lipinski definition) is 4. The molecule has 1 fully saturated rings. The van der Waals surface area contributed by atoms with E-state index >= 15 is 4.39 Å². The molecule has 10 heteroatoms. The Hall–Kier alpha value is -2.94. The van der Waals surface area contributed by atoms with Crippen molar-refractivity contribution in [2.24, 2.45) is 7.05 Å². The summed E-state index contributed by atoms with van der Waals surface area (Å²) in [6, 6.07) is 8.02. The van der Waals surface area contributed by atoms with Crippen molar-refractivity contribution < 1.29 is 13.9 Å². The molecule has 4 aromatic rings. The maximum Gasteiger partial charge on any atom is 0.251 e. The zero-order valence-corrected chi connectivity index (χ0v) is 19.2. The summed E-state index contributed by atoms with van der Waals surface area (Å²) in [5, 5.41) is 3.62. The van der Waals surface area contributed by atoms with Crippen molar-refractivity contribution in [1.82, 2.24) is 24.3 Å². The van der Waals surface area contributed by atoms with Crippen molar-refractivity contribution in [3.05, 3.63) is 64.5 Å². The quantitative estimate of drug-likeness (QED) is 0.450. The molecule has 1 N–H and O–H groups in total. The normalized spacial score (nSPS) is 14.7. The summed E-state index contributed by atoms with van der Waals surface area (Å²) >= 11 is 13.0. The first-order chi connectivity index (χ1) is 15.9. The van der Waals surface area contributed by atoms with E-state index in [9.17, 15) is 4.79 Å². The van der Waals surface area contributed by atoms with E-state index in [-0.39, 0.29) is 28.4 Å². The largest absolute Gasteiger partial charge is 0.381 e. The van der Waals surface area contributed by atoms with Crippen molar-refractivity contribution in [3.8, 4) is 22.5 Å². The second-order valence-corrected chi connectivity index (χ2v) is 8.63. The fourth-order valence-electron chi connectivity index (χ4n) is 3.98. The summed E-state index contributed by atoms with van der Waals surface area (Å²) in [5.41, 5.74) is 2.22. The topological polar surface area (TPSA) is 73.5 Å². The Kier molecular flexibility index (Phi) is 5.82. The molecular weight excluding hydrogens is 468 g/mol. The van der Waals surface area contributed by atoms with E-state index in [2.05, 4.69) is 15.3 Å². The van der Waals surface area contributed by atoms with Gasteiger partial charge in [-0.05, 0) is 31.0 Å². The van der Waals surface area contributed by atoms with Crippen LogP contribution in [0.3, 0.4) is 0 Å². The van der Waals surface area contributed by atoms with E-state index in [1.54, 1.807) is 52.8 Å². The molecule has 170 valence electrons. The van der Waals surface area contributed by atoms with Gasteiger partial charge in [0, 0.05) is 49.2 Å². The molecule has 0 radical (unpaired) electrons. The fourth-order valence-corrected chi connectivity index (χ4v) is 4.46. The van der Waals surface area contributed by atoms with Crippen LogP contribution >= 0.6 is 23.2 Å². The van der Waals surface area contributed by atoms with E-state index < -0.39 is 5.82 Å². The number of benzene rings is 1. The van der Waals surface area contributed by atoms with Gasteiger partial charge in [0.2, 0.25) is 0 Å². The minimum absolute atomic E-state index is 0.0745. The molecular formula is C23H20Cl2FN5O2. The number of fused-ring (bicyclic) bond motifs is 1. The zero-order chi connectivity index (χ0) is 23.1. The average Bonchev–Trinajstić information content (AvgIpc) is 3.32. The Bertz CT molecular complexity index is 1360. The van der Waals surface area contributed by atoms with Gasteiger partial charge in [-0.15, -0.1) is 0 Å². The minimum atomic E-state index is -0.503. The van der Waals surface area contributed by atoms with Crippen LogP contribution < -0.4 is 5.32 Å². The minimum Gasteiger partial charge on any atom is -0.381 e. The molecule has 33 heavy (non-hydrogen) atoms. The van der Waals surface area contributed by atoms with Crippen LogP contribution in [0.4, 0.5) is 4.39 Å². The Labute approximate surface area is 199 Å². The van der Waals surface area contributed by atoms with Gasteiger partial charge >= 0.3 is 0 Å². The van der Waals surface area contributed by atoms with Gasteiger partial charge in [-0.2, -0.15) is 0 Å². The number of pyridine rings is 1. The van der Waals surface area contributed by atoms with E-state index in [4.69, 9.17) is 27.9 Å². The molecule has 0 saturated carbocycles. The number of aromatic nitrogens is 4. The highest BCUT2D eigenvalue weighted by Crippen LogP contribution is 2.39. The second-order valence-electron chi connectivity index (χ2n) is 7.91. The predicted molar refractivity (Wildman–Crippen MR) is 124 cm³/mol. The Morgan fingerprint density at radius 1 is 1.18 bits per heavy atom. The van der Waals surface area contributed by atoms with Crippen molar-refractivity contribution in [1.29, 1.82) is 0 Å². The van der Waals surface area contributed by atoms with Crippen LogP contribution in [-0.2, 0) is 11.8 Å². The number of nitrogens with one attached hydrogen (secondary N) is 1. The molecule has 0 unspecified atom stereocenters. The van der Waals surface area contributed by atoms with Crippen LogP contribution in [0.1, 0.15) is 23.2 Å². The first-order valence-electron chi connectivity index (χ1n) is 10.5. The molecule has 0 atom stereocenters. The standard InChI is InChI=1S/C23H20Cl2FN5O2/c1-30-12-27-19(21(30)24)15-3-2-4-16(26)18(15)20-22(25)31-8-5-13(11-17(31)29-20)23(32)28-14-6-9-33-10-7-14/h2-5,8,11-12,14H,6-7,9-10H2,1H3,(H,28,32). The first kappa shape index (κ1) is 21.9. The molecule has 4 heterocycles. The van der Waals surface area contributed by atoms with Gasteiger partial charge in [0.1, 0.15) is 33.2 Å². The highest BCUT2D eigenvalue weighted by atomic mass is 35.5. The summed E-state index contributed by atoms with van der Waals surface area (Å²) in [6.45, 7) is 1.27. The lowest BCUT2D eigenvalue weighted by Crippen LogP contribution is -2.38. The summed E-state index contributed by atoms with van der Waals surface area (Å²) in [6.07, 6.45) is 4.77. The number of amides is 1. The van der Waals surface area contributed by atoms with E-state index in [1.807, 2.05) is 0 Å². The predicted octanol–water partition coefficient (Wildman–Crippen LogP) is 4.76. The number of carbonyl (C=O) groups is 1. The van der Waals surface area contributed by atoms with Crippen molar-refractivity contribution >= 4 is 34.8 Å².